The molecular formula is C6H14O2. The molecular weight excluding hydrogens is 104 g/mol. The van der Waals surface area contributed by atoms with Gasteiger partial charge in [-0.2, -0.15) is 0 Å². The Balaban J connectivity index is 3.17. The van der Waals surface area contributed by atoms with Crippen molar-refractivity contribution in [1.29, 1.82) is 0 Å². The monoisotopic (exact) mass is 118 g/mol. The molecule has 0 fully saturated rings. The molecule has 0 aliphatic carbocycles. The molecule has 0 spiro atoms. The molecule has 0 saturated heterocycles. The first-order valence-electron chi connectivity index (χ1n) is 3.04. The first kappa shape index (κ1) is 7.92. The summed E-state index contributed by atoms with van der Waals surface area (Å²) in [6.45, 7) is 3.58. The van der Waals surface area contributed by atoms with E-state index in [9.17, 15) is 0 Å². The van der Waals surface area contributed by atoms with Crippen molar-refractivity contribution in [1.82, 2.24) is 0 Å². The van der Waals surface area contributed by atoms with Gasteiger partial charge in [0.05, 0.1) is 12.2 Å². The average Bonchev–Trinajstić information content (AvgIpc) is 1.67. The molecule has 8 heavy (non-hydrogen) atoms. The standard InChI is InChI=1S/C6H14O2/c1-3-4-6(8)5(2)7/h5-8H,3-4H2,1-2H3/t5?,6-/m0/s1. The number of hydrogen-bond donors (Lipinski definition) is 2. The number of aliphatic hydroxyl groups is 2. The predicted molar refractivity (Wildman–Crippen MR) is 32.6 cm³/mol. The van der Waals surface area contributed by atoms with Crippen molar-refractivity contribution in [2.24, 2.45) is 0 Å². The van der Waals surface area contributed by atoms with Crippen LogP contribution >= 0.6 is 0 Å². The molecule has 0 aliphatic rings. The maximum absolute atomic E-state index is 8.88. The summed E-state index contributed by atoms with van der Waals surface area (Å²) in [7, 11) is 0. The van der Waals surface area contributed by atoms with Crippen molar-refractivity contribution >= 4 is 0 Å². The molecule has 0 heterocycles. The molecule has 2 heteroatoms. The minimum atomic E-state index is -0.574. The highest BCUT2D eigenvalue weighted by Gasteiger charge is 2.07. The number of hydrogen-bond acceptors (Lipinski definition) is 2. The first-order chi connectivity index (χ1) is 3.68. The van der Waals surface area contributed by atoms with E-state index >= 15 is 0 Å². The molecule has 0 aromatic rings. The Morgan fingerprint density at radius 1 is 1.38 bits per heavy atom. The maximum atomic E-state index is 8.88. The van der Waals surface area contributed by atoms with Crippen LogP contribution in [0.15, 0.2) is 0 Å². The second-order valence-electron chi connectivity index (χ2n) is 2.10. The molecule has 0 aliphatic heterocycles. The van der Waals surface area contributed by atoms with Crippen LogP contribution in [0.3, 0.4) is 0 Å². The normalized spacial score (nSPS) is 18.0. The summed E-state index contributed by atoms with van der Waals surface area (Å²) < 4.78 is 0. The van der Waals surface area contributed by atoms with Gasteiger partial charge < -0.3 is 10.2 Å². The smallest absolute Gasteiger partial charge is 0.0796 e. The summed E-state index contributed by atoms with van der Waals surface area (Å²) in [6, 6.07) is 0. The van der Waals surface area contributed by atoms with E-state index < -0.39 is 12.2 Å². The Labute approximate surface area is 50.2 Å². The van der Waals surface area contributed by atoms with Gasteiger partial charge in [0.25, 0.3) is 0 Å². The lowest BCUT2D eigenvalue weighted by Crippen LogP contribution is -2.21. The van der Waals surface area contributed by atoms with Crippen LogP contribution in [0.4, 0.5) is 0 Å². The SMILES string of the molecule is CCC[C@H](O)C(C)O. The van der Waals surface area contributed by atoms with Gasteiger partial charge in [-0.1, -0.05) is 13.3 Å². The van der Waals surface area contributed by atoms with E-state index in [2.05, 4.69) is 0 Å². The molecule has 50 valence electrons. The van der Waals surface area contributed by atoms with E-state index in [1.807, 2.05) is 6.92 Å². The van der Waals surface area contributed by atoms with Crippen LogP contribution in [-0.2, 0) is 0 Å². The van der Waals surface area contributed by atoms with Crippen LogP contribution in [0, 0.1) is 0 Å². The molecule has 0 aromatic heterocycles. The summed E-state index contributed by atoms with van der Waals surface area (Å²) in [5, 5.41) is 17.6. The molecule has 0 aromatic carbocycles. The Morgan fingerprint density at radius 2 is 1.88 bits per heavy atom. The van der Waals surface area contributed by atoms with E-state index in [1.54, 1.807) is 6.92 Å². The van der Waals surface area contributed by atoms with E-state index in [4.69, 9.17) is 10.2 Å². The summed E-state index contributed by atoms with van der Waals surface area (Å²) in [5.74, 6) is 0. The molecule has 0 bridgehead atoms. The number of rotatable bonds is 3. The molecule has 0 saturated carbocycles. The van der Waals surface area contributed by atoms with Crippen LogP contribution in [0.25, 0.3) is 0 Å². The van der Waals surface area contributed by atoms with Crippen molar-refractivity contribution in [3.8, 4) is 0 Å². The van der Waals surface area contributed by atoms with Gasteiger partial charge in [-0.3, -0.25) is 0 Å². The van der Waals surface area contributed by atoms with E-state index in [0.717, 1.165) is 6.42 Å². The lowest BCUT2D eigenvalue weighted by Gasteiger charge is -2.10. The molecule has 0 radical (unpaired) electrons. The lowest BCUT2D eigenvalue weighted by molar-refractivity contribution is 0.0259. The van der Waals surface area contributed by atoms with E-state index in [1.165, 1.54) is 0 Å². The van der Waals surface area contributed by atoms with Gasteiger partial charge in [-0.25, -0.2) is 0 Å². The topological polar surface area (TPSA) is 40.5 Å². The molecule has 2 atom stereocenters. The average molecular weight is 118 g/mol. The highest BCUT2D eigenvalue weighted by atomic mass is 16.3. The molecule has 0 rings (SSSR count). The summed E-state index contributed by atoms with van der Waals surface area (Å²) in [5.41, 5.74) is 0. The minimum Gasteiger partial charge on any atom is -0.391 e. The predicted octanol–water partition coefficient (Wildman–Crippen LogP) is 0.528. The molecule has 1 unspecified atom stereocenters. The molecule has 2 N–H and O–H groups in total. The van der Waals surface area contributed by atoms with Crippen LogP contribution < -0.4 is 0 Å². The van der Waals surface area contributed by atoms with Gasteiger partial charge in [0.15, 0.2) is 0 Å². The number of aliphatic hydroxyl groups excluding tert-OH is 2. The summed E-state index contributed by atoms with van der Waals surface area (Å²) >= 11 is 0. The maximum Gasteiger partial charge on any atom is 0.0796 e. The lowest BCUT2D eigenvalue weighted by atomic mass is 10.1. The van der Waals surface area contributed by atoms with E-state index in [-0.39, 0.29) is 0 Å². The van der Waals surface area contributed by atoms with Gasteiger partial charge >= 0.3 is 0 Å². The fraction of sp³-hybridized carbons (Fsp3) is 1.00. The highest BCUT2D eigenvalue weighted by Crippen LogP contribution is 1.99. The second-order valence-corrected chi connectivity index (χ2v) is 2.10. The second kappa shape index (κ2) is 3.87. The van der Waals surface area contributed by atoms with Crippen LogP contribution in [0.5, 0.6) is 0 Å². The van der Waals surface area contributed by atoms with Gasteiger partial charge in [-0.05, 0) is 13.3 Å². The highest BCUT2D eigenvalue weighted by molar-refractivity contribution is 4.59. The molecule has 0 amide bonds. The quantitative estimate of drug-likeness (QED) is 0.567. The Kier molecular flexibility index (Phi) is 3.83. The minimum absolute atomic E-state index is 0.528. The van der Waals surface area contributed by atoms with E-state index in [0.29, 0.717) is 6.42 Å². The van der Waals surface area contributed by atoms with Gasteiger partial charge in [0.1, 0.15) is 0 Å². The Hall–Kier alpha value is -0.0800. The third-order valence-electron chi connectivity index (χ3n) is 1.14. The van der Waals surface area contributed by atoms with Crippen molar-refractivity contribution < 1.29 is 10.2 Å². The largest absolute Gasteiger partial charge is 0.391 e. The molecule has 2 nitrogen and oxygen atoms in total. The van der Waals surface area contributed by atoms with Gasteiger partial charge in [0.2, 0.25) is 0 Å². The Morgan fingerprint density at radius 3 is 2.00 bits per heavy atom. The van der Waals surface area contributed by atoms with Crippen molar-refractivity contribution in [3.05, 3.63) is 0 Å². The first-order valence-corrected chi connectivity index (χ1v) is 3.04. The van der Waals surface area contributed by atoms with Crippen molar-refractivity contribution in [2.75, 3.05) is 0 Å². The Bertz CT molecular complexity index is 52.5. The van der Waals surface area contributed by atoms with Crippen molar-refractivity contribution in [3.63, 3.8) is 0 Å². The fourth-order valence-corrected chi connectivity index (χ4v) is 0.537. The zero-order chi connectivity index (χ0) is 6.57. The third kappa shape index (κ3) is 2.99. The summed E-state index contributed by atoms with van der Waals surface area (Å²) in [6.07, 6.45) is 0.513. The van der Waals surface area contributed by atoms with Crippen LogP contribution in [0.1, 0.15) is 26.7 Å². The van der Waals surface area contributed by atoms with Crippen LogP contribution in [-0.4, -0.2) is 22.4 Å². The van der Waals surface area contributed by atoms with Gasteiger partial charge in [-0.15, -0.1) is 0 Å². The fourth-order valence-electron chi connectivity index (χ4n) is 0.537. The summed E-state index contributed by atoms with van der Waals surface area (Å²) in [4.78, 5) is 0. The van der Waals surface area contributed by atoms with Gasteiger partial charge in [0, 0.05) is 0 Å². The zero-order valence-corrected chi connectivity index (χ0v) is 5.46. The van der Waals surface area contributed by atoms with Crippen LogP contribution in [0.2, 0.25) is 0 Å². The zero-order valence-electron chi connectivity index (χ0n) is 5.46. The third-order valence-corrected chi connectivity index (χ3v) is 1.14. The van der Waals surface area contributed by atoms with Crippen molar-refractivity contribution in [2.45, 2.75) is 38.9 Å².